The fourth-order valence-electron chi connectivity index (χ4n) is 4.94. The first-order chi connectivity index (χ1) is 14.7. The molecule has 2 aromatic rings. The Kier molecular flexibility index (Phi) is 5.89. The zero-order chi connectivity index (χ0) is 20.5. The van der Waals surface area contributed by atoms with Crippen LogP contribution in [0.4, 0.5) is 0 Å². The zero-order valence-electron chi connectivity index (χ0n) is 17.5. The Morgan fingerprint density at radius 3 is 2.80 bits per heavy atom. The summed E-state index contributed by atoms with van der Waals surface area (Å²) < 4.78 is 7.23. The molecule has 8 heteroatoms. The molecule has 0 radical (unpaired) electrons. The van der Waals surface area contributed by atoms with Crippen LogP contribution in [0.2, 0.25) is 0 Å². The van der Waals surface area contributed by atoms with Crippen molar-refractivity contribution in [3.05, 3.63) is 26.6 Å². The Hall–Kier alpha value is -1.77. The Labute approximate surface area is 180 Å². The van der Waals surface area contributed by atoms with Gasteiger partial charge in [0.2, 0.25) is 5.91 Å². The SMILES string of the molecule is O=C(Cn1c(CN2CCCC2)nc2sc3c(c2c1=O)CCCC3)NCC1CCCO1. The van der Waals surface area contributed by atoms with E-state index in [1.54, 1.807) is 15.9 Å². The van der Waals surface area contributed by atoms with Gasteiger partial charge in [-0.05, 0) is 70.0 Å². The van der Waals surface area contributed by atoms with Crippen molar-refractivity contribution in [1.29, 1.82) is 0 Å². The number of nitrogens with zero attached hydrogens (tertiary/aromatic N) is 3. The minimum atomic E-state index is -0.138. The van der Waals surface area contributed by atoms with E-state index >= 15 is 0 Å². The molecule has 1 aliphatic carbocycles. The van der Waals surface area contributed by atoms with Crippen molar-refractivity contribution in [3.8, 4) is 0 Å². The molecule has 1 unspecified atom stereocenters. The first-order valence-electron chi connectivity index (χ1n) is 11.3. The van der Waals surface area contributed by atoms with Crippen molar-refractivity contribution < 1.29 is 9.53 Å². The van der Waals surface area contributed by atoms with E-state index < -0.39 is 0 Å². The van der Waals surface area contributed by atoms with Gasteiger partial charge < -0.3 is 10.1 Å². The highest BCUT2D eigenvalue weighted by Gasteiger charge is 2.24. The number of ether oxygens (including phenoxy) is 1. The van der Waals surface area contributed by atoms with Crippen LogP contribution in [0.25, 0.3) is 10.2 Å². The summed E-state index contributed by atoms with van der Waals surface area (Å²) in [6.07, 6.45) is 8.78. The van der Waals surface area contributed by atoms with Gasteiger partial charge in [0, 0.05) is 18.0 Å². The first kappa shape index (κ1) is 20.2. The lowest BCUT2D eigenvalue weighted by Crippen LogP contribution is -2.38. The predicted octanol–water partition coefficient (Wildman–Crippen LogP) is 2.23. The largest absolute Gasteiger partial charge is 0.376 e. The van der Waals surface area contributed by atoms with Crippen LogP contribution in [0.1, 0.15) is 54.8 Å². The van der Waals surface area contributed by atoms with E-state index in [1.807, 2.05) is 0 Å². The standard InChI is InChI=1S/C22H30N4O3S/c27-19(23-12-15-6-5-11-29-15)14-26-18(13-25-9-3-4-10-25)24-21-20(22(26)28)16-7-1-2-8-17(16)30-21/h15H,1-14H2,(H,23,27). The third-order valence-corrected chi connectivity index (χ3v) is 7.76. The van der Waals surface area contributed by atoms with Gasteiger partial charge in [0.25, 0.3) is 5.56 Å². The van der Waals surface area contributed by atoms with E-state index in [-0.39, 0.29) is 24.1 Å². The summed E-state index contributed by atoms with van der Waals surface area (Å²) in [7, 11) is 0. The van der Waals surface area contributed by atoms with Gasteiger partial charge in [0.15, 0.2) is 0 Å². The lowest BCUT2D eigenvalue weighted by Gasteiger charge is -2.19. The maximum absolute atomic E-state index is 13.6. The zero-order valence-corrected chi connectivity index (χ0v) is 18.3. The summed E-state index contributed by atoms with van der Waals surface area (Å²) in [5, 5.41) is 3.72. The maximum atomic E-state index is 13.6. The Bertz CT molecular complexity index is 986. The van der Waals surface area contributed by atoms with Crippen LogP contribution in [0.5, 0.6) is 0 Å². The summed E-state index contributed by atoms with van der Waals surface area (Å²) in [4.78, 5) is 35.7. The van der Waals surface area contributed by atoms with Crippen LogP contribution in [0, 0.1) is 0 Å². The number of rotatable bonds is 6. The second-order valence-electron chi connectivity index (χ2n) is 8.73. The van der Waals surface area contributed by atoms with Gasteiger partial charge in [-0.3, -0.25) is 19.1 Å². The molecule has 2 saturated heterocycles. The van der Waals surface area contributed by atoms with Crippen LogP contribution < -0.4 is 10.9 Å². The number of carbonyl (C=O) groups excluding carboxylic acids is 1. The third-order valence-electron chi connectivity index (χ3n) is 6.57. The van der Waals surface area contributed by atoms with Gasteiger partial charge in [0.05, 0.1) is 18.0 Å². The molecule has 1 atom stereocenters. The molecule has 162 valence electrons. The van der Waals surface area contributed by atoms with Gasteiger partial charge in [-0.1, -0.05) is 0 Å². The summed E-state index contributed by atoms with van der Waals surface area (Å²) in [6.45, 7) is 4.00. The van der Waals surface area contributed by atoms with E-state index in [0.29, 0.717) is 13.1 Å². The molecule has 0 spiro atoms. The molecule has 1 amide bonds. The highest BCUT2D eigenvalue weighted by Crippen LogP contribution is 2.34. The van der Waals surface area contributed by atoms with E-state index in [1.165, 1.54) is 29.7 Å². The average molecular weight is 431 g/mol. The number of hydrogen-bond acceptors (Lipinski definition) is 6. The number of likely N-dealkylation sites (tertiary alicyclic amines) is 1. The second-order valence-corrected chi connectivity index (χ2v) is 9.82. The second kappa shape index (κ2) is 8.77. The lowest BCUT2D eigenvalue weighted by atomic mass is 9.97. The van der Waals surface area contributed by atoms with Gasteiger partial charge >= 0.3 is 0 Å². The van der Waals surface area contributed by atoms with Gasteiger partial charge in [-0.15, -0.1) is 11.3 Å². The minimum absolute atomic E-state index is 0.0300. The molecule has 0 bridgehead atoms. The maximum Gasteiger partial charge on any atom is 0.263 e. The molecule has 0 aromatic carbocycles. The van der Waals surface area contributed by atoms with Crippen molar-refractivity contribution in [3.63, 3.8) is 0 Å². The van der Waals surface area contributed by atoms with Gasteiger partial charge in [-0.2, -0.15) is 0 Å². The summed E-state index contributed by atoms with van der Waals surface area (Å²) >= 11 is 1.68. The first-order valence-corrected chi connectivity index (χ1v) is 12.2. The number of thiophene rings is 1. The summed E-state index contributed by atoms with van der Waals surface area (Å²) in [5.74, 6) is 0.584. The minimum Gasteiger partial charge on any atom is -0.376 e. The average Bonchev–Trinajstić information content (AvgIpc) is 3.50. The number of hydrogen-bond donors (Lipinski definition) is 1. The summed E-state index contributed by atoms with van der Waals surface area (Å²) in [5.41, 5.74) is 1.14. The Morgan fingerprint density at radius 2 is 2.00 bits per heavy atom. The molecular weight excluding hydrogens is 400 g/mol. The number of aromatic nitrogens is 2. The number of amides is 1. The number of carbonyl (C=O) groups is 1. The molecular formula is C22H30N4O3S. The molecule has 5 rings (SSSR count). The number of aryl methyl sites for hydroxylation is 2. The lowest BCUT2D eigenvalue weighted by molar-refractivity contribution is -0.122. The number of fused-ring (bicyclic) bond motifs is 3. The van der Waals surface area contributed by atoms with E-state index in [9.17, 15) is 9.59 Å². The Balaban J connectivity index is 1.45. The third kappa shape index (κ3) is 4.05. The van der Waals surface area contributed by atoms with Crippen molar-refractivity contribution in [2.45, 2.75) is 70.6 Å². The van der Waals surface area contributed by atoms with Crippen molar-refractivity contribution >= 4 is 27.5 Å². The molecule has 2 aromatic heterocycles. The van der Waals surface area contributed by atoms with Crippen LogP contribution >= 0.6 is 11.3 Å². The van der Waals surface area contributed by atoms with Gasteiger partial charge in [-0.25, -0.2) is 4.98 Å². The smallest absolute Gasteiger partial charge is 0.263 e. The van der Waals surface area contributed by atoms with Gasteiger partial charge in [0.1, 0.15) is 17.2 Å². The fraction of sp³-hybridized carbons (Fsp3) is 0.682. The van der Waals surface area contributed by atoms with Crippen LogP contribution in [-0.2, 0) is 35.5 Å². The molecule has 2 aliphatic heterocycles. The molecule has 1 N–H and O–H groups in total. The van der Waals surface area contributed by atoms with E-state index in [4.69, 9.17) is 9.72 Å². The van der Waals surface area contributed by atoms with Crippen LogP contribution in [0.15, 0.2) is 4.79 Å². The van der Waals surface area contributed by atoms with Crippen molar-refractivity contribution in [2.75, 3.05) is 26.2 Å². The highest BCUT2D eigenvalue weighted by molar-refractivity contribution is 7.18. The molecule has 4 heterocycles. The molecule has 7 nitrogen and oxygen atoms in total. The molecule has 30 heavy (non-hydrogen) atoms. The molecule has 3 aliphatic rings. The fourth-order valence-corrected chi connectivity index (χ4v) is 6.21. The molecule has 0 saturated carbocycles. The quantitative estimate of drug-likeness (QED) is 0.761. The van der Waals surface area contributed by atoms with Crippen LogP contribution in [0.3, 0.4) is 0 Å². The van der Waals surface area contributed by atoms with Crippen molar-refractivity contribution in [2.24, 2.45) is 0 Å². The monoisotopic (exact) mass is 430 g/mol. The van der Waals surface area contributed by atoms with Crippen molar-refractivity contribution in [1.82, 2.24) is 19.8 Å². The number of nitrogens with one attached hydrogen (secondary N) is 1. The molecule has 2 fully saturated rings. The van der Waals surface area contributed by atoms with E-state index in [0.717, 1.165) is 67.8 Å². The Morgan fingerprint density at radius 1 is 1.17 bits per heavy atom. The predicted molar refractivity (Wildman–Crippen MR) is 117 cm³/mol. The highest BCUT2D eigenvalue weighted by atomic mass is 32.1. The topological polar surface area (TPSA) is 76.5 Å². The summed E-state index contributed by atoms with van der Waals surface area (Å²) in [6, 6.07) is 0. The van der Waals surface area contributed by atoms with Crippen LogP contribution in [-0.4, -0.2) is 52.7 Å². The normalized spacial score (nSPS) is 21.9. The van der Waals surface area contributed by atoms with E-state index in [2.05, 4.69) is 10.2 Å².